The molecule has 6 heteroatoms. The van der Waals surface area contributed by atoms with Crippen LogP contribution in [0.5, 0.6) is 5.88 Å². The normalized spacial score (nSPS) is 14.4. The van der Waals surface area contributed by atoms with Crippen molar-refractivity contribution in [2.24, 2.45) is 0 Å². The van der Waals surface area contributed by atoms with E-state index in [4.69, 9.17) is 4.74 Å². The first kappa shape index (κ1) is 17.7. The third-order valence-corrected chi connectivity index (χ3v) is 5.11. The smallest absolute Gasteiger partial charge is 0.230 e. The van der Waals surface area contributed by atoms with Crippen molar-refractivity contribution in [3.05, 3.63) is 54.0 Å². The fourth-order valence-electron chi connectivity index (χ4n) is 2.80. The van der Waals surface area contributed by atoms with E-state index in [0.717, 1.165) is 29.7 Å². The minimum absolute atomic E-state index is 0.0314. The number of carbonyl (C=O) groups is 1. The van der Waals surface area contributed by atoms with Crippen molar-refractivity contribution < 1.29 is 9.53 Å². The summed E-state index contributed by atoms with van der Waals surface area (Å²) in [5.41, 5.74) is 2.14. The lowest BCUT2D eigenvalue weighted by atomic mass is 10.2. The summed E-state index contributed by atoms with van der Waals surface area (Å²) >= 11 is 1.58. The summed E-state index contributed by atoms with van der Waals surface area (Å²) < 4.78 is 5.90. The summed E-state index contributed by atoms with van der Waals surface area (Å²) in [7, 11) is 0. The largest absolute Gasteiger partial charge is 0.474 e. The number of amides is 1. The highest BCUT2D eigenvalue weighted by atomic mass is 32.2. The van der Waals surface area contributed by atoms with Gasteiger partial charge in [0.05, 0.1) is 5.75 Å². The Morgan fingerprint density at radius 2 is 2.12 bits per heavy atom. The zero-order chi connectivity index (χ0) is 17.3. The molecule has 0 saturated heterocycles. The molecule has 0 bridgehead atoms. The second kappa shape index (κ2) is 9.42. The zero-order valence-electron chi connectivity index (χ0n) is 14.2. The Bertz CT molecular complexity index is 675. The van der Waals surface area contributed by atoms with E-state index < -0.39 is 0 Å². The summed E-state index contributed by atoms with van der Waals surface area (Å²) in [6.45, 7) is 0.496. The Morgan fingerprint density at radius 3 is 2.92 bits per heavy atom. The topological polar surface area (TPSA) is 64.1 Å². The monoisotopic (exact) mass is 357 g/mol. The molecule has 5 nitrogen and oxygen atoms in total. The number of pyridine rings is 2. The van der Waals surface area contributed by atoms with E-state index in [0.29, 0.717) is 24.3 Å². The number of nitrogens with zero attached hydrogens (tertiary/aromatic N) is 2. The van der Waals surface area contributed by atoms with Gasteiger partial charge in [0.25, 0.3) is 0 Å². The number of hydrogen-bond acceptors (Lipinski definition) is 5. The summed E-state index contributed by atoms with van der Waals surface area (Å²) in [4.78, 5) is 20.3. The van der Waals surface area contributed by atoms with E-state index in [1.54, 1.807) is 24.2 Å². The van der Waals surface area contributed by atoms with Crippen LogP contribution in [0.2, 0.25) is 0 Å². The van der Waals surface area contributed by atoms with Crippen LogP contribution in [-0.4, -0.2) is 27.7 Å². The Kier molecular flexibility index (Phi) is 6.68. The molecule has 3 rings (SSSR count). The lowest BCUT2D eigenvalue weighted by molar-refractivity contribution is -0.118. The second-order valence-corrected chi connectivity index (χ2v) is 7.14. The van der Waals surface area contributed by atoms with Gasteiger partial charge in [0, 0.05) is 37.0 Å². The SMILES string of the molecule is O=C(CSCc1cccnc1)NCc1ccnc(OC2CCCC2)c1. The van der Waals surface area contributed by atoms with Gasteiger partial charge in [0.1, 0.15) is 6.10 Å². The number of carbonyl (C=O) groups excluding carboxylic acids is 1. The number of thioether (sulfide) groups is 1. The first-order chi connectivity index (χ1) is 12.3. The number of hydrogen-bond donors (Lipinski definition) is 1. The van der Waals surface area contributed by atoms with Gasteiger partial charge in [-0.15, -0.1) is 11.8 Å². The molecule has 1 aliphatic carbocycles. The molecule has 1 aliphatic rings. The number of nitrogens with one attached hydrogen (secondary N) is 1. The molecule has 1 fully saturated rings. The maximum Gasteiger partial charge on any atom is 0.230 e. The van der Waals surface area contributed by atoms with E-state index in [-0.39, 0.29) is 5.91 Å². The maximum atomic E-state index is 12.0. The van der Waals surface area contributed by atoms with Gasteiger partial charge in [0.2, 0.25) is 11.8 Å². The molecular weight excluding hydrogens is 334 g/mol. The summed E-state index contributed by atoms with van der Waals surface area (Å²) in [6.07, 6.45) is 10.3. The van der Waals surface area contributed by atoms with Crippen LogP contribution in [-0.2, 0) is 17.1 Å². The molecule has 0 unspecified atom stereocenters. The molecule has 1 N–H and O–H groups in total. The minimum Gasteiger partial charge on any atom is -0.474 e. The van der Waals surface area contributed by atoms with Gasteiger partial charge in [-0.3, -0.25) is 9.78 Å². The van der Waals surface area contributed by atoms with Crippen LogP contribution >= 0.6 is 11.8 Å². The molecule has 25 heavy (non-hydrogen) atoms. The highest BCUT2D eigenvalue weighted by Gasteiger charge is 2.17. The molecule has 0 aromatic carbocycles. The molecule has 0 atom stereocenters. The van der Waals surface area contributed by atoms with Crippen LogP contribution < -0.4 is 10.1 Å². The van der Waals surface area contributed by atoms with Crippen LogP contribution in [0.25, 0.3) is 0 Å². The predicted octanol–water partition coefficient (Wildman–Crippen LogP) is 3.35. The molecular formula is C19H23N3O2S. The molecule has 2 heterocycles. The molecule has 0 spiro atoms. The summed E-state index contributed by atoms with van der Waals surface area (Å²) in [5.74, 6) is 1.91. The Hall–Kier alpha value is -2.08. The van der Waals surface area contributed by atoms with Gasteiger partial charge in [0.15, 0.2) is 0 Å². The van der Waals surface area contributed by atoms with Crippen molar-refractivity contribution in [3.63, 3.8) is 0 Å². The van der Waals surface area contributed by atoms with E-state index >= 15 is 0 Å². The van der Waals surface area contributed by atoms with Crippen molar-refractivity contribution in [2.45, 2.75) is 44.1 Å². The van der Waals surface area contributed by atoms with Crippen LogP contribution in [0.3, 0.4) is 0 Å². The molecule has 132 valence electrons. The molecule has 2 aromatic heterocycles. The average molecular weight is 357 g/mol. The highest BCUT2D eigenvalue weighted by molar-refractivity contribution is 7.99. The van der Waals surface area contributed by atoms with Crippen LogP contribution in [0.4, 0.5) is 0 Å². The van der Waals surface area contributed by atoms with E-state index in [9.17, 15) is 4.79 Å². The Labute approximate surface area is 152 Å². The number of aromatic nitrogens is 2. The van der Waals surface area contributed by atoms with Crippen LogP contribution in [0.15, 0.2) is 42.9 Å². The first-order valence-electron chi connectivity index (χ1n) is 8.64. The number of ether oxygens (including phenoxy) is 1. The van der Waals surface area contributed by atoms with Crippen molar-refractivity contribution in [1.29, 1.82) is 0 Å². The lowest BCUT2D eigenvalue weighted by Crippen LogP contribution is -2.24. The van der Waals surface area contributed by atoms with Gasteiger partial charge in [-0.2, -0.15) is 0 Å². The quantitative estimate of drug-likeness (QED) is 0.785. The second-order valence-electron chi connectivity index (χ2n) is 6.16. The lowest BCUT2D eigenvalue weighted by Gasteiger charge is -2.13. The van der Waals surface area contributed by atoms with E-state index in [2.05, 4.69) is 15.3 Å². The molecule has 1 saturated carbocycles. The van der Waals surface area contributed by atoms with Gasteiger partial charge < -0.3 is 10.1 Å². The van der Waals surface area contributed by atoms with Crippen LogP contribution in [0, 0.1) is 0 Å². The first-order valence-corrected chi connectivity index (χ1v) is 9.80. The molecule has 0 radical (unpaired) electrons. The fraction of sp³-hybridized carbons (Fsp3) is 0.421. The molecule has 0 aliphatic heterocycles. The van der Waals surface area contributed by atoms with Crippen molar-refractivity contribution in [1.82, 2.24) is 15.3 Å². The molecule has 1 amide bonds. The van der Waals surface area contributed by atoms with Crippen molar-refractivity contribution in [2.75, 3.05) is 5.75 Å². The fourth-order valence-corrected chi connectivity index (χ4v) is 3.59. The van der Waals surface area contributed by atoms with Crippen molar-refractivity contribution >= 4 is 17.7 Å². The van der Waals surface area contributed by atoms with Crippen molar-refractivity contribution in [3.8, 4) is 5.88 Å². The third-order valence-electron chi connectivity index (χ3n) is 4.10. The highest BCUT2D eigenvalue weighted by Crippen LogP contribution is 2.23. The summed E-state index contributed by atoms with van der Waals surface area (Å²) in [5, 5.41) is 2.95. The van der Waals surface area contributed by atoms with Gasteiger partial charge in [-0.05, 0) is 48.9 Å². The predicted molar refractivity (Wildman–Crippen MR) is 99.4 cm³/mol. The Balaban J connectivity index is 1.39. The van der Waals surface area contributed by atoms with Gasteiger partial charge in [-0.25, -0.2) is 4.98 Å². The number of rotatable bonds is 8. The average Bonchev–Trinajstić information content (AvgIpc) is 3.14. The maximum absolute atomic E-state index is 12.0. The van der Waals surface area contributed by atoms with E-state index in [1.807, 2.05) is 30.5 Å². The minimum atomic E-state index is 0.0314. The summed E-state index contributed by atoms with van der Waals surface area (Å²) in [6, 6.07) is 7.75. The third kappa shape index (κ3) is 6.05. The van der Waals surface area contributed by atoms with Gasteiger partial charge in [-0.1, -0.05) is 6.07 Å². The van der Waals surface area contributed by atoms with Gasteiger partial charge >= 0.3 is 0 Å². The standard InChI is InChI=1S/C19H23N3O2S/c23-18(14-25-13-16-4-3-8-20-11-16)22-12-15-7-9-21-19(10-15)24-17-5-1-2-6-17/h3-4,7-11,17H,1-2,5-6,12-14H2,(H,22,23). The Morgan fingerprint density at radius 1 is 1.24 bits per heavy atom. The zero-order valence-corrected chi connectivity index (χ0v) is 15.0. The van der Waals surface area contributed by atoms with Crippen LogP contribution in [0.1, 0.15) is 36.8 Å². The van der Waals surface area contributed by atoms with E-state index in [1.165, 1.54) is 12.8 Å². The molecule has 2 aromatic rings.